The van der Waals surface area contributed by atoms with Gasteiger partial charge in [0, 0.05) is 11.1 Å². The molecule has 0 unspecified atom stereocenters. The molecule has 3 rings (SSSR count). The SMILES string of the molecule is Cc1ccc(C(=O)c2ccccc2C(=O)OCc2ccccc2)cc1. The van der Waals surface area contributed by atoms with E-state index in [1.165, 1.54) is 0 Å². The summed E-state index contributed by atoms with van der Waals surface area (Å²) in [4.78, 5) is 25.2. The smallest absolute Gasteiger partial charge is 0.339 e. The van der Waals surface area contributed by atoms with Crippen LogP contribution in [-0.2, 0) is 11.3 Å². The van der Waals surface area contributed by atoms with Gasteiger partial charge in [-0.3, -0.25) is 4.79 Å². The summed E-state index contributed by atoms with van der Waals surface area (Å²) in [6, 6.07) is 23.5. The molecule has 0 aliphatic heterocycles. The molecule has 0 bridgehead atoms. The van der Waals surface area contributed by atoms with Gasteiger partial charge in [-0.2, -0.15) is 0 Å². The first-order valence-electron chi connectivity index (χ1n) is 8.06. The number of esters is 1. The number of rotatable bonds is 5. The second-order valence-electron chi connectivity index (χ2n) is 5.80. The van der Waals surface area contributed by atoms with Crippen molar-refractivity contribution in [3.05, 3.63) is 107 Å². The van der Waals surface area contributed by atoms with Crippen molar-refractivity contribution < 1.29 is 14.3 Å². The number of ether oxygens (including phenoxy) is 1. The number of aryl methyl sites for hydroxylation is 1. The summed E-state index contributed by atoms with van der Waals surface area (Å²) in [6.45, 7) is 2.13. The van der Waals surface area contributed by atoms with Crippen molar-refractivity contribution in [2.24, 2.45) is 0 Å². The van der Waals surface area contributed by atoms with E-state index in [1.807, 2.05) is 49.4 Å². The molecule has 0 heterocycles. The lowest BCUT2D eigenvalue weighted by Crippen LogP contribution is -2.12. The molecule has 0 radical (unpaired) electrons. The quantitative estimate of drug-likeness (QED) is 0.508. The van der Waals surface area contributed by atoms with E-state index in [0.29, 0.717) is 11.1 Å². The molecule has 0 aliphatic rings. The Morgan fingerprint density at radius 3 is 2.04 bits per heavy atom. The second kappa shape index (κ2) is 7.58. The molecular formula is C22H18O3. The van der Waals surface area contributed by atoms with Gasteiger partial charge >= 0.3 is 5.97 Å². The zero-order chi connectivity index (χ0) is 17.6. The van der Waals surface area contributed by atoms with E-state index in [1.54, 1.807) is 36.4 Å². The topological polar surface area (TPSA) is 43.4 Å². The van der Waals surface area contributed by atoms with E-state index in [9.17, 15) is 9.59 Å². The summed E-state index contributed by atoms with van der Waals surface area (Å²) in [5.74, 6) is -0.688. The van der Waals surface area contributed by atoms with Gasteiger partial charge in [-0.05, 0) is 18.6 Å². The molecule has 124 valence electrons. The first kappa shape index (κ1) is 16.7. The first-order valence-corrected chi connectivity index (χ1v) is 8.06. The summed E-state index contributed by atoms with van der Waals surface area (Å²) in [5.41, 5.74) is 3.16. The van der Waals surface area contributed by atoms with Crippen molar-refractivity contribution in [1.29, 1.82) is 0 Å². The number of hydrogen-bond acceptors (Lipinski definition) is 3. The lowest BCUT2D eigenvalue weighted by molar-refractivity contribution is 0.0470. The molecule has 0 aromatic heterocycles. The van der Waals surface area contributed by atoms with Gasteiger partial charge in [0.2, 0.25) is 0 Å². The lowest BCUT2D eigenvalue weighted by atomic mass is 9.98. The molecule has 0 amide bonds. The Hall–Kier alpha value is -3.20. The average molecular weight is 330 g/mol. The highest BCUT2D eigenvalue weighted by molar-refractivity contribution is 6.14. The van der Waals surface area contributed by atoms with Crippen molar-refractivity contribution >= 4 is 11.8 Å². The highest BCUT2D eigenvalue weighted by Crippen LogP contribution is 2.17. The maximum absolute atomic E-state index is 12.7. The first-order chi connectivity index (χ1) is 12.1. The summed E-state index contributed by atoms with van der Waals surface area (Å²) in [7, 11) is 0. The molecule has 0 saturated carbocycles. The zero-order valence-electron chi connectivity index (χ0n) is 13.9. The molecule has 0 N–H and O–H groups in total. The van der Waals surface area contributed by atoms with Crippen LogP contribution in [0.25, 0.3) is 0 Å². The molecule has 3 aromatic rings. The minimum atomic E-state index is -0.500. The van der Waals surface area contributed by atoms with Crippen LogP contribution in [0.1, 0.15) is 37.4 Å². The van der Waals surface area contributed by atoms with E-state index in [2.05, 4.69) is 0 Å². The third-order valence-electron chi connectivity index (χ3n) is 3.92. The number of ketones is 1. The highest BCUT2D eigenvalue weighted by atomic mass is 16.5. The predicted octanol–water partition coefficient (Wildman–Crippen LogP) is 4.58. The monoisotopic (exact) mass is 330 g/mol. The Morgan fingerprint density at radius 2 is 1.36 bits per heavy atom. The maximum atomic E-state index is 12.7. The highest BCUT2D eigenvalue weighted by Gasteiger charge is 2.19. The molecule has 0 spiro atoms. The van der Waals surface area contributed by atoms with Gasteiger partial charge in [0.25, 0.3) is 0 Å². The van der Waals surface area contributed by atoms with E-state index in [-0.39, 0.29) is 18.0 Å². The van der Waals surface area contributed by atoms with Crippen LogP contribution in [-0.4, -0.2) is 11.8 Å². The van der Waals surface area contributed by atoms with Crippen LogP contribution in [0.4, 0.5) is 0 Å². The minimum Gasteiger partial charge on any atom is -0.457 e. The lowest BCUT2D eigenvalue weighted by Gasteiger charge is -2.09. The summed E-state index contributed by atoms with van der Waals surface area (Å²) >= 11 is 0. The van der Waals surface area contributed by atoms with Gasteiger partial charge in [-0.25, -0.2) is 4.79 Å². The molecule has 3 nitrogen and oxygen atoms in total. The predicted molar refractivity (Wildman–Crippen MR) is 96.6 cm³/mol. The van der Waals surface area contributed by atoms with E-state index in [4.69, 9.17) is 4.74 Å². The van der Waals surface area contributed by atoms with E-state index in [0.717, 1.165) is 11.1 Å². The van der Waals surface area contributed by atoms with Crippen molar-refractivity contribution in [2.75, 3.05) is 0 Å². The third-order valence-corrected chi connectivity index (χ3v) is 3.92. The zero-order valence-corrected chi connectivity index (χ0v) is 13.9. The second-order valence-corrected chi connectivity index (χ2v) is 5.80. The fourth-order valence-corrected chi connectivity index (χ4v) is 2.52. The van der Waals surface area contributed by atoms with Crippen LogP contribution < -0.4 is 0 Å². The average Bonchev–Trinajstić information content (AvgIpc) is 2.67. The van der Waals surface area contributed by atoms with Crippen molar-refractivity contribution in [1.82, 2.24) is 0 Å². The van der Waals surface area contributed by atoms with Crippen LogP contribution >= 0.6 is 0 Å². The summed E-state index contributed by atoms with van der Waals surface area (Å²) in [5, 5.41) is 0. The van der Waals surface area contributed by atoms with Gasteiger partial charge in [0.05, 0.1) is 5.56 Å². The molecule has 3 aromatic carbocycles. The van der Waals surface area contributed by atoms with Gasteiger partial charge in [-0.1, -0.05) is 78.4 Å². The summed E-state index contributed by atoms with van der Waals surface area (Å²) < 4.78 is 5.37. The van der Waals surface area contributed by atoms with Crippen LogP contribution in [0.5, 0.6) is 0 Å². The molecule has 0 aliphatic carbocycles. The van der Waals surface area contributed by atoms with Gasteiger partial charge in [0.15, 0.2) is 5.78 Å². The molecule has 0 saturated heterocycles. The minimum absolute atomic E-state index is 0.173. The standard InChI is InChI=1S/C22H18O3/c1-16-11-13-18(14-12-16)21(23)19-9-5-6-10-20(19)22(24)25-15-17-7-3-2-4-8-17/h2-14H,15H2,1H3. The maximum Gasteiger partial charge on any atom is 0.339 e. The van der Waals surface area contributed by atoms with Gasteiger partial charge < -0.3 is 4.74 Å². The van der Waals surface area contributed by atoms with Crippen molar-refractivity contribution in [3.63, 3.8) is 0 Å². The van der Waals surface area contributed by atoms with Gasteiger partial charge in [-0.15, -0.1) is 0 Å². The van der Waals surface area contributed by atoms with Crippen LogP contribution in [0.15, 0.2) is 78.9 Å². The molecule has 0 fully saturated rings. The largest absolute Gasteiger partial charge is 0.457 e. The Balaban J connectivity index is 1.81. The number of benzene rings is 3. The van der Waals surface area contributed by atoms with Crippen LogP contribution in [0.2, 0.25) is 0 Å². The fraction of sp³-hybridized carbons (Fsp3) is 0.0909. The number of hydrogen-bond donors (Lipinski definition) is 0. The third kappa shape index (κ3) is 4.01. The number of carbonyl (C=O) groups is 2. The normalized spacial score (nSPS) is 10.3. The van der Waals surface area contributed by atoms with Crippen LogP contribution in [0.3, 0.4) is 0 Å². The molecule has 0 atom stereocenters. The Kier molecular flexibility index (Phi) is 5.05. The number of carbonyl (C=O) groups excluding carboxylic acids is 2. The van der Waals surface area contributed by atoms with Crippen LogP contribution in [0, 0.1) is 6.92 Å². The Morgan fingerprint density at radius 1 is 0.760 bits per heavy atom. The Bertz CT molecular complexity index is 881. The molecule has 25 heavy (non-hydrogen) atoms. The fourth-order valence-electron chi connectivity index (χ4n) is 2.52. The van der Waals surface area contributed by atoms with Crippen molar-refractivity contribution in [3.8, 4) is 0 Å². The van der Waals surface area contributed by atoms with Crippen molar-refractivity contribution in [2.45, 2.75) is 13.5 Å². The Labute approximate surface area is 146 Å². The van der Waals surface area contributed by atoms with Gasteiger partial charge in [0.1, 0.15) is 6.61 Å². The van der Waals surface area contributed by atoms with E-state index < -0.39 is 5.97 Å². The molecular weight excluding hydrogens is 312 g/mol. The molecule has 3 heteroatoms. The van der Waals surface area contributed by atoms with E-state index >= 15 is 0 Å². The summed E-state index contributed by atoms with van der Waals surface area (Å²) in [6.07, 6.45) is 0.